The minimum absolute atomic E-state index is 0.0273. The number of nitrogens with two attached hydrogens (primary N) is 1. The summed E-state index contributed by atoms with van der Waals surface area (Å²) in [6, 6.07) is 10.7. The van der Waals surface area contributed by atoms with Gasteiger partial charge in [0.1, 0.15) is 5.69 Å². The molecule has 3 rings (SSSR count). The van der Waals surface area contributed by atoms with E-state index in [1.165, 1.54) is 0 Å². The first-order chi connectivity index (χ1) is 15.5. The van der Waals surface area contributed by atoms with Gasteiger partial charge in [0.25, 0.3) is 11.5 Å². The van der Waals surface area contributed by atoms with Crippen LogP contribution < -0.4 is 21.9 Å². The van der Waals surface area contributed by atoms with E-state index >= 15 is 0 Å². The Morgan fingerprint density at radius 2 is 1.82 bits per heavy atom. The normalized spacial score (nSPS) is 11.2. The summed E-state index contributed by atoms with van der Waals surface area (Å²) in [5, 5.41) is 4.56. The first-order valence-corrected chi connectivity index (χ1v) is 10.5. The number of hydrogen-bond donors (Lipinski definition) is 4. The molecule has 0 aliphatic carbocycles. The lowest BCUT2D eigenvalue weighted by Crippen LogP contribution is -2.23. The third-order valence-electron chi connectivity index (χ3n) is 4.11. The SMILES string of the molecule is Nc1nc(SCC(=O)Nc2cc(C(F)(F)F)ccc2Cl)[nH]c(=O)c1NC(=O)c1ccccc1. The van der Waals surface area contributed by atoms with Crippen molar-refractivity contribution in [2.24, 2.45) is 0 Å². The lowest BCUT2D eigenvalue weighted by atomic mass is 10.2. The van der Waals surface area contributed by atoms with Crippen LogP contribution in [0.3, 0.4) is 0 Å². The average molecular weight is 498 g/mol. The van der Waals surface area contributed by atoms with Crippen LogP contribution in [0.4, 0.5) is 30.4 Å². The van der Waals surface area contributed by atoms with Crippen molar-refractivity contribution in [1.82, 2.24) is 9.97 Å². The third-order valence-corrected chi connectivity index (χ3v) is 5.31. The maximum atomic E-state index is 12.9. The molecule has 3 aromatic rings. The van der Waals surface area contributed by atoms with Gasteiger partial charge in [-0.15, -0.1) is 0 Å². The van der Waals surface area contributed by atoms with E-state index < -0.39 is 29.1 Å². The van der Waals surface area contributed by atoms with Gasteiger partial charge in [0.15, 0.2) is 11.0 Å². The molecular weight excluding hydrogens is 483 g/mol. The van der Waals surface area contributed by atoms with Crippen LogP contribution in [-0.4, -0.2) is 27.5 Å². The summed E-state index contributed by atoms with van der Waals surface area (Å²) in [7, 11) is 0. The van der Waals surface area contributed by atoms with Crippen molar-refractivity contribution in [3.05, 3.63) is 75.0 Å². The van der Waals surface area contributed by atoms with Gasteiger partial charge < -0.3 is 16.4 Å². The van der Waals surface area contributed by atoms with Crippen LogP contribution in [0.15, 0.2) is 58.5 Å². The number of benzene rings is 2. The molecule has 2 aromatic carbocycles. The van der Waals surface area contributed by atoms with Crippen LogP contribution in [0.5, 0.6) is 0 Å². The molecule has 0 aliphatic heterocycles. The van der Waals surface area contributed by atoms with Crippen molar-refractivity contribution < 1.29 is 22.8 Å². The molecule has 0 radical (unpaired) electrons. The number of thioether (sulfide) groups is 1. The van der Waals surface area contributed by atoms with E-state index in [1.54, 1.807) is 30.3 Å². The molecule has 2 amide bonds. The number of nitrogens with one attached hydrogen (secondary N) is 3. The molecule has 0 saturated carbocycles. The number of aromatic amines is 1. The minimum atomic E-state index is -4.60. The first-order valence-electron chi connectivity index (χ1n) is 9.10. The zero-order chi connectivity index (χ0) is 24.2. The number of carbonyl (C=O) groups excluding carboxylic acids is 2. The lowest BCUT2D eigenvalue weighted by molar-refractivity contribution is -0.137. The van der Waals surface area contributed by atoms with Gasteiger partial charge in [-0.1, -0.05) is 41.6 Å². The summed E-state index contributed by atoms with van der Waals surface area (Å²) in [6.45, 7) is 0. The van der Waals surface area contributed by atoms with E-state index in [-0.39, 0.29) is 33.1 Å². The maximum Gasteiger partial charge on any atom is 0.416 e. The Morgan fingerprint density at radius 3 is 2.45 bits per heavy atom. The minimum Gasteiger partial charge on any atom is -0.382 e. The van der Waals surface area contributed by atoms with Gasteiger partial charge in [0.05, 0.1) is 22.0 Å². The summed E-state index contributed by atoms with van der Waals surface area (Å²) in [6.07, 6.45) is -4.60. The molecule has 13 heteroatoms. The van der Waals surface area contributed by atoms with Crippen molar-refractivity contribution in [2.45, 2.75) is 11.3 Å². The third kappa shape index (κ3) is 6.26. The molecule has 5 N–H and O–H groups in total. The Labute approximate surface area is 193 Å². The highest BCUT2D eigenvalue weighted by molar-refractivity contribution is 7.99. The number of nitrogens with zero attached hydrogens (tertiary/aromatic N) is 1. The number of hydrogen-bond acceptors (Lipinski definition) is 6. The van der Waals surface area contributed by atoms with Crippen LogP contribution in [-0.2, 0) is 11.0 Å². The molecule has 1 aromatic heterocycles. The summed E-state index contributed by atoms with van der Waals surface area (Å²) in [5.74, 6) is -1.84. The number of amides is 2. The number of halogens is 4. The molecule has 33 heavy (non-hydrogen) atoms. The molecule has 0 aliphatic rings. The Hall–Kier alpha value is -3.51. The van der Waals surface area contributed by atoms with Crippen LogP contribution in [0, 0.1) is 0 Å². The summed E-state index contributed by atoms with van der Waals surface area (Å²) < 4.78 is 38.6. The smallest absolute Gasteiger partial charge is 0.382 e. The Kier molecular flexibility index (Phi) is 7.29. The Morgan fingerprint density at radius 1 is 1.12 bits per heavy atom. The molecule has 1 heterocycles. The van der Waals surface area contributed by atoms with Gasteiger partial charge in [-0.25, -0.2) is 4.98 Å². The number of rotatable bonds is 6. The molecule has 0 unspecified atom stereocenters. The topological polar surface area (TPSA) is 130 Å². The predicted molar refractivity (Wildman–Crippen MR) is 119 cm³/mol. The van der Waals surface area contributed by atoms with Gasteiger partial charge in [-0.2, -0.15) is 13.2 Å². The van der Waals surface area contributed by atoms with Gasteiger partial charge in [-0.05, 0) is 30.3 Å². The van der Waals surface area contributed by atoms with E-state index in [1.807, 2.05) is 0 Å². The fraction of sp³-hybridized carbons (Fsp3) is 0.100. The monoisotopic (exact) mass is 497 g/mol. The largest absolute Gasteiger partial charge is 0.416 e. The maximum absolute atomic E-state index is 12.9. The molecular formula is C20H15ClF3N5O3S. The molecule has 0 atom stereocenters. The number of nitrogen functional groups attached to an aromatic ring is 1. The van der Waals surface area contributed by atoms with Crippen molar-refractivity contribution in [3.63, 3.8) is 0 Å². The van der Waals surface area contributed by atoms with Crippen LogP contribution in [0.2, 0.25) is 5.02 Å². The van der Waals surface area contributed by atoms with E-state index in [2.05, 4.69) is 20.6 Å². The van der Waals surface area contributed by atoms with E-state index in [4.69, 9.17) is 17.3 Å². The van der Waals surface area contributed by atoms with Crippen LogP contribution in [0.25, 0.3) is 0 Å². The zero-order valence-electron chi connectivity index (χ0n) is 16.5. The predicted octanol–water partition coefficient (Wildman–Crippen LogP) is 4.01. The molecule has 172 valence electrons. The summed E-state index contributed by atoms with van der Waals surface area (Å²) in [4.78, 5) is 43.0. The molecule has 0 fully saturated rings. The van der Waals surface area contributed by atoms with Gasteiger partial charge in [0.2, 0.25) is 5.91 Å². The summed E-state index contributed by atoms with van der Waals surface area (Å²) in [5.41, 5.74) is 3.90. The average Bonchev–Trinajstić information content (AvgIpc) is 2.76. The molecule has 0 spiro atoms. The zero-order valence-corrected chi connectivity index (χ0v) is 18.1. The highest BCUT2D eigenvalue weighted by Gasteiger charge is 2.31. The fourth-order valence-corrected chi connectivity index (χ4v) is 3.38. The number of H-pyrrole nitrogens is 1. The molecule has 8 nitrogen and oxygen atoms in total. The van der Waals surface area contributed by atoms with Crippen molar-refractivity contribution in [2.75, 3.05) is 22.1 Å². The van der Waals surface area contributed by atoms with Gasteiger partial charge >= 0.3 is 6.18 Å². The van der Waals surface area contributed by atoms with Crippen LogP contribution >= 0.6 is 23.4 Å². The quantitative estimate of drug-likeness (QED) is 0.301. The highest BCUT2D eigenvalue weighted by Crippen LogP contribution is 2.34. The lowest BCUT2D eigenvalue weighted by Gasteiger charge is -2.12. The Bertz CT molecular complexity index is 1250. The van der Waals surface area contributed by atoms with E-state index in [0.29, 0.717) is 11.6 Å². The van der Waals surface area contributed by atoms with Gasteiger partial charge in [0, 0.05) is 5.56 Å². The number of carbonyl (C=O) groups is 2. The number of alkyl halides is 3. The van der Waals surface area contributed by atoms with E-state index in [0.717, 1.165) is 23.9 Å². The van der Waals surface area contributed by atoms with Crippen molar-refractivity contribution in [1.29, 1.82) is 0 Å². The van der Waals surface area contributed by atoms with Crippen LogP contribution in [0.1, 0.15) is 15.9 Å². The second kappa shape index (κ2) is 9.96. The number of aromatic nitrogens is 2. The highest BCUT2D eigenvalue weighted by atomic mass is 35.5. The first kappa shape index (κ1) is 24.1. The molecule has 0 bridgehead atoms. The summed E-state index contributed by atoms with van der Waals surface area (Å²) >= 11 is 6.63. The fourth-order valence-electron chi connectivity index (χ4n) is 2.55. The number of anilines is 3. The second-order valence-corrected chi connectivity index (χ2v) is 7.85. The standard InChI is InChI=1S/C20H15ClF3N5O3S/c21-12-7-6-11(20(22,23)24)8-13(12)26-14(30)9-33-19-28-16(25)15(18(32)29-19)27-17(31)10-4-2-1-3-5-10/h1-8H,9H2,(H,26,30)(H,27,31)(H3,25,28,29,32). The van der Waals surface area contributed by atoms with Crippen molar-refractivity contribution >= 4 is 52.4 Å². The Balaban J connectivity index is 1.66. The van der Waals surface area contributed by atoms with E-state index in [9.17, 15) is 27.6 Å². The molecule has 0 saturated heterocycles. The van der Waals surface area contributed by atoms with Gasteiger partial charge in [-0.3, -0.25) is 19.4 Å². The van der Waals surface area contributed by atoms with Crippen molar-refractivity contribution in [3.8, 4) is 0 Å². The second-order valence-electron chi connectivity index (χ2n) is 6.48.